The predicted molar refractivity (Wildman–Crippen MR) is 146 cm³/mol. The summed E-state index contributed by atoms with van der Waals surface area (Å²) >= 11 is 1.63. The molecule has 1 aliphatic heterocycles. The van der Waals surface area contributed by atoms with Crippen molar-refractivity contribution >= 4 is 56.3 Å². The fourth-order valence-electron chi connectivity index (χ4n) is 4.81. The number of hydrogen-bond donors (Lipinski definition) is 2. The van der Waals surface area contributed by atoms with E-state index in [0.29, 0.717) is 6.04 Å². The summed E-state index contributed by atoms with van der Waals surface area (Å²) in [6.07, 6.45) is 7.94. The van der Waals surface area contributed by atoms with Crippen molar-refractivity contribution in [2.45, 2.75) is 18.9 Å². The Morgan fingerprint density at radius 1 is 1.09 bits per heavy atom. The largest absolute Gasteiger partial charge is 0.355 e. The summed E-state index contributed by atoms with van der Waals surface area (Å²) < 4.78 is 16.7. The molecule has 7 nitrogen and oxygen atoms in total. The minimum absolute atomic E-state index is 0.396. The van der Waals surface area contributed by atoms with E-state index in [4.69, 9.17) is 0 Å². The molecule has 3 aromatic heterocycles. The summed E-state index contributed by atoms with van der Waals surface area (Å²) in [4.78, 5) is 9.08. The van der Waals surface area contributed by atoms with E-state index in [-0.39, 0.29) is 0 Å². The molecule has 178 valence electrons. The Morgan fingerprint density at radius 3 is 2.77 bits per heavy atom. The van der Waals surface area contributed by atoms with Gasteiger partial charge in [-0.15, -0.1) is 11.3 Å². The molecule has 0 radical (unpaired) electrons. The lowest BCUT2D eigenvalue weighted by Gasteiger charge is -2.22. The standard InChI is InChI=1S/C26H27N6OPS/c1-34(2,33)25-13-21-22(31-18-3-4-26-24(11-18)29-16-35-26)7-10-28-23(21)12-20(25)17-14-30-32(15-17)19-5-8-27-9-6-19/h3-4,7,10-16,19,27H,5-6,8-9H2,1-2H3,(H,28,31). The molecule has 0 unspecified atom stereocenters. The number of piperidine rings is 1. The average molecular weight is 503 g/mol. The minimum Gasteiger partial charge on any atom is -0.355 e. The highest BCUT2D eigenvalue weighted by Crippen LogP contribution is 2.41. The zero-order valence-electron chi connectivity index (χ0n) is 19.7. The first kappa shape index (κ1) is 22.4. The maximum Gasteiger partial charge on any atom is 0.110 e. The Labute approximate surface area is 208 Å². The number of hydrogen-bond acceptors (Lipinski definition) is 7. The highest BCUT2D eigenvalue weighted by atomic mass is 32.1. The quantitative estimate of drug-likeness (QED) is 0.303. The van der Waals surface area contributed by atoms with Gasteiger partial charge in [0.2, 0.25) is 0 Å². The summed E-state index contributed by atoms with van der Waals surface area (Å²) in [5.74, 6) is 0. The zero-order chi connectivity index (χ0) is 24.0. The van der Waals surface area contributed by atoms with Crippen LogP contribution >= 0.6 is 18.5 Å². The van der Waals surface area contributed by atoms with Gasteiger partial charge in [-0.1, -0.05) is 0 Å². The Morgan fingerprint density at radius 2 is 1.94 bits per heavy atom. The Kier molecular flexibility index (Phi) is 5.67. The smallest absolute Gasteiger partial charge is 0.110 e. The molecule has 4 heterocycles. The van der Waals surface area contributed by atoms with Crippen molar-refractivity contribution in [2.75, 3.05) is 31.7 Å². The third kappa shape index (κ3) is 4.38. The molecule has 1 saturated heterocycles. The van der Waals surface area contributed by atoms with E-state index in [1.54, 1.807) is 11.3 Å². The van der Waals surface area contributed by atoms with Gasteiger partial charge in [0.1, 0.15) is 7.14 Å². The van der Waals surface area contributed by atoms with Gasteiger partial charge in [-0.25, -0.2) is 4.98 Å². The van der Waals surface area contributed by atoms with Gasteiger partial charge in [-0.05, 0) is 81.2 Å². The van der Waals surface area contributed by atoms with Crippen molar-refractivity contribution in [3.8, 4) is 11.1 Å². The molecule has 2 aromatic carbocycles. The van der Waals surface area contributed by atoms with Gasteiger partial charge >= 0.3 is 0 Å². The second kappa shape index (κ2) is 8.86. The molecule has 6 rings (SSSR count). The van der Waals surface area contributed by atoms with Gasteiger partial charge < -0.3 is 15.2 Å². The average Bonchev–Trinajstić information content (AvgIpc) is 3.53. The SMILES string of the molecule is CP(C)(=O)c1cc2c(Nc3ccc4scnc4c3)ccnc2cc1-c1cnn(C2CCNCC2)c1. The van der Waals surface area contributed by atoms with Crippen LogP contribution in [-0.4, -0.2) is 46.2 Å². The van der Waals surface area contributed by atoms with Crippen LogP contribution in [0.5, 0.6) is 0 Å². The third-order valence-electron chi connectivity index (χ3n) is 6.64. The number of aromatic nitrogens is 4. The van der Waals surface area contributed by atoms with Crippen LogP contribution < -0.4 is 15.9 Å². The number of benzene rings is 2. The molecule has 1 aliphatic rings. The number of rotatable bonds is 5. The molecule has 35 heavy (non-hydrogen) atoms. The molecule has 0 saturated carbocycles. The van der Waals surface area contributed by atoms with E-state index in [0.717, 1.165) is 74.9 Å². The van der Waals surface area contributed by atoms with Crippen LogP contribution in [0.2, 0.25) is 0 Å². The van der Waals surface area contributed by atoms with Crippen molar-refractivity contribution in [3.63, 3.8) is 0 Å². The summed E-state index contributed by atoms with van der Waals surface area (Å²) in [5.41, 5.74) is 7.50. The molecule has 9 heteroatoms. The van der Waals surface area contributed by atoms with E-state index in [1.165, 1.54) is 0 Å². The lowest BCUT2D eigenvalue weighted by molar-refractivity contribution is 0.343. The number of nitrogens with one attached hydrogen (secondary N) is 2. The van der Waals surface area contributed by atoms with E-state index in [1.807, 2.05) is 49.4 Å². The van der Waals surface area contributed by atoms with Crippen molar-refractivity contribution in [1.82, 2.24) is 25.1 Å². The van der Waals surface area contributed by atoms with Crippen LogP contribution in [0.1, 0.15) is 18.9 Å². The van der Waals surface area contributed by atoms with Crippen LogP contribution in [0.3, 0.4) is 0 Å². The predicted octanol–water partition coefficient (Wildman–Crippen LogP) is 5.62. The van der Waals surface area contributed by atoms with Gasteiger partial charge in [-0.3, -0.25) is 9.67 Å². The first-order valence-electron chi connectivity index (χ1n) is 11.8. The van der Waals surface area contributed by atoms with Crippen LogP contribution in [0, 0.1) is 0 Å². The molecule has 0 spiro atoms. The zero-order valence-corrected chi connectivity index (χ0v) is 21.4. The number of nitrogens with zero attached hydrogens (tertiary/aromatic N) is 4. The monoisotopic (exact) mass is 502 g/mol. The maximum absolute atomic E-state index is 13.5. The number of pyridine rings is 1. The molecule has 0 bridgehead atoms. The highest BCUT2D eigenvalue weighted by molar-refractivity contribution is 7.70. The van der Waals surface area contributed by atoms with Gasteiger partial charge in [0.15, 0.2) is 0 Å². The highest BCUT2D eigenvalue weighted by Gasteiger charge is 2.22. The molecular weight excluding hydrogens is 475 g/mol. The Hall–Kier alpha value is -3.06. The molecule has 2 N–H and O–H groups in total. The van der Waals surface area contributed by atoms with E-state index < -0.39 is 7.14 Å². The maximum atomic E-state index is 13.5. The molecular formula is C26H27N6OPS. The molecule has 0 aliphatic carbocycles. The van der Waals surface area contributed by atoms with E-state index in [9.17, 15) is 4.57 Å². The normalized spacial score (nSPS) is 15.1. The number of thiazole rings is 1. The van der Waals surface area contributed by atoms with Crippen LogP contribution in [0.25, 0.3) is 32.2 Å². The van der Waals surface area contributed by atoms with Crippen LogP contribution in [-0.2, 0) is 4.57 Å². The third-order valence-corrected chi connectivity index (χ3v) is 8.98. The van der Waals surface area contributed by atoms with Gasteiger partial charge in [0, 0.05) is 40.0 Å². The molecule has 0 atom stereocenters. The first-order chi connectivity index (χ1) is 17.0. The van der Waals surface area contributed by atoms with Crippen molar-refractivity contribution < 1.29 is 4.57 Å². The van der Waals surface area contributed by atoms with Gasteiger partial charge in [0.05, 0.1) is 33.5 Å². The number of fused-ring (bicyclic) bond motifs is 2. The number of anilines is 2. The van der Waals surface area contributed by atoms with Gasteiger partial charge in [-0.2, -0.15) is 5.10 Å². The van der Waals surface area contributed by atoms with Crippen LogP contribution in [0.15, 0.2) is 60.5 Å². The Balaban J connectivity index is 1.43. The fraction of sp³-hybridized carbons (Fsp3) is 0.269. The van der Waals surface area contributed by atoms with Crippen molar-refractivity contribution in [1.29, 1.82) is 0 Å². The van der Waals surface area contributed by atoms with E-state index in [2.05, 4.69) is 54.8 Å². The molecule has 1 fully saturated rings. The summed E-state index contributed by atoms with van der Waals surface area (Å²) in [7, 11) is -2.59. The van der Waals surface area contributed by atoms with Crippen molar-refractivity contribution in [2.24, 2.45) is 0 Å². The second-order valence-electron chi connectivity index (χ2n) is 9.45. The topological polar surface area (TPSA) is 84.7 Å². The molecule has 5 aromatic rings. The van der Waals surface area contributed by atoms with E-state index >= 15 is 0 Å². The summed E-state index contributed by atoms with van der Waals surface area (Å²) in [6.45, 7) is 5.67. The summed E-state index contributed by atoms with van der Waals surface area (Å²) in [6, 6.07) is 12.6. The second-order valence-corrected chi connectivity index (χ2v) is 13.5. The molecule has 0 amide bonds. The van der Waals surface area contributed by atoms with Crippen molar-refractivity contribution in [3.05, 3.63) is 60.5 Å². The summed E-state index contributed by atoms with van der Waals surface area (Å²) in [5, 5.41) is 13.4. The van der Waals surface area contributed by atoms with Crippen LogP contribution in [0.4, 0.5) is 11.4 Å². The van der Waals surface area contributed by atoms with Gasteiger partial charge in [0.25, 0.3) is 0 Å². The minimum atomic E-state index is -2.59. The lowest BCUT2D eigenvalue weighted by atomic mass is 10.0. The Bertz CT molecular complexity index is 1580. The first-order valence-corrected chi connectivity index (χ1v) is 15.3. The lowest BCUT2D eigenvalue weighted by Crippen LogP contribution is -2.29. The fourth-order valence-corrected chi connectivity index (χ4v) is 6.68.